The Labute approximate surface area is 109 Å². The fourth-order valence-corrected chi connectivity index (χ4v) is 1.92. The van der Waals surface area contributed by atoms with Gasteiger partial charge in [0.25, 0.3) is 5.56 Å². The minimum Gasteiger partial charge on any atom is -0.472 e. The number of furan rings is 1. The molecule has 96 valence electrons. The van der Waals surface area contributed by atoms with Gasteiger partial charge in [0.2, 0.25) is 0 Å². The van der Waals surface area contributed by atoms with E-state index in [9.17, 15) is 4.79 Å². The highest BCUT2D eigenvalue weighted by atomic mass is 16.3. The van der Waals surface area contributed by atoms with Gasteiger partial charge in [-0.15, -0.1) is 0 Å². The molecule has 0 spiro atoms. The fraction of sp³-hybridized carbons (Fsp3) is 0.143. The highest BCUT2D eigenvalue weighted by Crippen LogP contribution is 2.01. The van der Waals surface area contributed by atoms with Gasteiger partial charge in [0.1, 0.15) is 5.65 Å². The first-order valence-electron chi connectivity index (χ1n) is 6.02. The summed E-state index contributed by atoms with van der Waals surface area (Å²) in [4.78, 5) is 16.3. The van der Waals surface area contributed by atoms with Crippen LogP contribution in [-0.2, 0) is 13.1 Å². The van der Waals surface area contributed by atoms with E-state index in [0.29, 0.717) is 18.7 Å². The highest BCUT2D eigenvalue weighted by Gasteiger charge is 2.01. The molecule has 3 aromatic heterocycles. The van der Waals surface area contributed by atoms with E-state index in [-0.39, 0.29) is 5.56 Å². The monoisotopic (exact) mass is 255 g/mol. The maximum atomic E-state index is 11.9. The van der Waals surface area contributed by atoms with Crippen molar-refractivity contribution in [3.63, 3.8) is 0 Å². The third-order valence-electron chi connectivity index (χ3n) is 2.84. The van der Waals surface area contributed by atoms with E-state index in [4.69, 9.17) is 4.42 Å². The molecule has 0 aliphatic rings. The third-order valence-corrected chi connectivity index (χ3v) is 2.84. The Morgan fingerprint density at radius 3 is 3.05 bits per heavy atom. The zero-order valence-electron chi connectivity index (χ0n) is 10.2. The summed E-state index contributed by atoms with van der Waals surface area (Å²) in [6.45, 7) is 1.23. The lowest BCUT2D eigenvalue weighted by Crippen LogP contribution is -2.19. The van der Waals surface area contributed by atoms with Crippen LogP contribution < -0.4 is 10.9 Å². The predicted octanol–water partition coefficient (Wildman–Crippen LogP) is 1.58. The maximum Gasteiger partial charge on any atom is 0.258 e. The molecule has 0 bridgehead atoms. The third kappa shape index (κ3) is 2.56. The molecular formula is C14H13N3O2. The van der Waals surface area contributed by atoms with Crippen LogP contribution in [0, 0.1) is 0 Å². The van der Waals surface area contributed by atoms with Crippen molar-refractivity contribution in [2.75, 3.05) is 0 Å². The molecular weight excluding hydrogens is 242 g/mol. The van der Waals surface area contributed by atoms with Crippen molar-refractivity contribution in [1.29, 1.82) is 0 Å². The number of nitrogens with one attached hydrogen (secondary N) is 1. The van der Waals surface area contributed by atoms with Crippen LogP contribution in [0.15, 0.2) is 58.3 Å². The van der Waals surface area contributed by atoms with Gasteiger partial charge in [-0.3, -0.25) is 9.20 Å². The van der Waals surface area contributed by atoms with Gasteiger partial charge in [-0.1, -0.05) is 6.07 Å². The van der Waals surface area contributed by atoms with Gasteiger partial charge in [0, 0.05) is 30.9 Å². The quantitative estimate of drug-likeness (QED) is 0.769. The zero-order valence-corrected chi connectivity index (χ0v) is 10.2. The molecule has 19 heavy (non-hydrogen) atoms. The van der Waals surface area contributed by atoms with Crippen LogP contribution in [-0.4, -0.2) is 9.38 Å². The number of rotatable bonds is 4. The van der Waals surface area contributed by atoms with Crippen molar-refractivity contribution in [2.45, 2.75) is 13.1 Å². The standard InChI is InChI=1S/C14H13N3O2/c18-14-7-12(9-15-8-11-4-6-19-10-11)16-13-3-1-2-5-17(13)14/h1-7,10,15H,8-9H2. The number of nitrogens with zero attached hydrogens (tertiary/aromatic N) is 2. The second kappa shape index (κ2) is 5.07. The van der Waals surface area contributed by atoms with Crippen LogP contribution in [0.1, 0.15) is 11.3 Å². The van der Waals surface area contributed by atoms with Crippen molar-refractivity contribution in [2.24, 2.45) is 0 Å². The van der Waals surface area contributed by atoms with Crippen LogP contribution in [0.2, 0.25) is 0 Å². The number of fused-ring (bicyclic) bond motifs is 1. The molecule has 0 saturated carbocycles. The Morgan fingerprint density at radius 1 is 1.26 bits per heavy atom. The number of hydrogen-bond acceptors (Lipinski definition) is 4. The summed E-state index contributed by atoms with van der Waals surface area (Å²) in [5.74, 6) is 0. The largest absolute Gasteiger partial charge is 0.472 e. The van der Waals surface area contributed by atoms with E-state index in [0.717, 1.165) is 11.3 Å². The van der Waals surface area contributed by atoms with E-state index in [1.165, 1.54) is 4.40 Å². The smallest absolute Gasteiger partial charge is 0.258 e. The zero-order chi connectivity index (χ0) is 13.1. The minimum absolute atomic E-state index is 0.0642. The fourth-order valence-electron chi connectivity index (χ4n) is 1.92. The lowest BCUT2D eigenvalue weighted by atomic mass is 10.3. The molecule has 0 atom stereocenters. The van der Waals surface area contributed by atoms with Crippen LogP contribution in [0.3, 0.4) is 0 Å². The van der Waals surface area contributed by atoms with Crippen LogP contribution in [0.4, 0.5) is 0 Å². The summed E-state index contributed by atoms with van der Waals surface area (Å²) in [7, 11) is 0. The Kier molecular flexibility index (Phi) is 3.12. The van der Waals surface area contributed by atoms with Crippen molar-refractivity contribution in [3.8, 4) is 0 Å². The second-order valence-corrected chi connectivity index (χ2v) is 4.25. The second-order valence-electron chi connectivity index (χ2n) is 4.25. The molecule has 3 aromatic rings. The molecule has 1 N–H and O–H groups in total. The van der Waals surface area contributed by atoms with E-state index < -0.39 is 0 Å². The normalized spacial score (nSPS) is 10.9. The molecule has 0 saturated heterocycles. The predicted molar refractivity (Wildman–Crippen MR) is 70.7 cm³/mol. The SMILES string of the molecule is O=c1cc(CNCc2ccoc2)nc2ccccn12. The number of aromatic nitrogens is 2. The molecule has 0 aliphatic carbocycles. The summed E-state index contributed by atoms with van der Waals surface area (Å²) in [5, 5.41) is 3.23. The molecule has 5 heteroatoms. The average Bonchev–Trinajstić information content (AvgIpc) is 2.92. The first kappa shape index (κ1) is 11.7. The Morgan fingerprint density at radius 2 is 2.21 bits per heavy atom. The lowest BCUT2D eigenvalue weighted by molar-refractivity contribution is 0.560. The van der Waals surface area contributed by atoms with Gasteiger partial charge in [-0.05, 0) is 18.2 Å². The van der Waals surface area contributed by atoms with Crippen LogP contribution in [0.25, 0.3) is 5.65 Å². The number of hydrogen-bond donors (Lipinski definition) is 1. The summed E-state index contributed by atoms with van der Waals surface area (Å²) in [6, 6.07) is 8.95. The Bertz CT molecular complexity index is 732. The maximum absolute atomic E-state index is 11.9. The highest BCUT2D eigenvalue weighted by molar-refractivity contribution is 5.37. The van der Waals surface area contributed by atoms with Gasteiger partial charge in [0.15, 0.2) is 0 Å². The van der Waals surface area contributed by atoms with Gasteiger partial charge >= 0.3 is 0 Å². The van der Waals surface area contributed by atoms with Gasteiger partial charge < -0.3 is 9.73 Å². The van der Waals surface area contributed by atoms with Gasteiger partial charge in [0.05, 0.1) is 18.2 Å². The molecule has 0 aliphatic heterocycles. The van der Waals surface area contributed by atoms with Crippen molar-refractivity contribution in [1.82, 2.24) is 14.7 Å². The van der Waals surface area contributed by atoms with Gasteiger partial charge in [-0.2, -0.15) is 0 Å². The Balaban J connectivity index is 1.76. The molecule has 5 nitrogen and oxygen atoms in total. The molecule has 0 amide bonds. The first-order valence-corrected chi connectivity index (χ1v) is 6.02. The summed E-state index contributed by atoms with van der Waals surface area (Å²) >= 11 is 0. The van der Waals surface area contributed by atoms with Gasteiger partial charge in [-0.25, -0.2) is 4.98 Å². The summed E-state index contributed by atoms with van der Waals surface area (Å²) in [5.41, 5.74) is 2.40. The summed E-state index contributed by atoms with van der Waals surface area (Å²) < 4.78 is 6.51. The molecule has 0 radical (unpaired) electrons. The molecule has 0 fully saturated rings. The van der Waals surface area contributed by atoms with Crippen molar-refractivity contribution >= 4 is 5.65 Å². The van der Waals surface area contributed by atoms with E-state index in [1.54, 1.807) is 24.8 Å². The average molecular weight is 255 g/mol. The van der Waals surface area contributed by atoms with E-state index in [1.807, 2.05) is 24.3 Å². The molecule has 0 unspecified atom stereocenters. The van der Waals surface area contributed by atoms with Crippen molar-refractivity contribution in [3.05, 3.63) is 70.7 Å². The van der Waals surface area contributed by atoms with Crippen molar-refractivity contribution < 1.29 is 4.42 Å². The topological polar surface area (TPSA) is 59.5 Å². The van der Waals surface area contributed by atoms with Crippen LogP contribution in [0.5, 0.6) is 0 Å². The Hall–Kier alpha value is -2.40. The number of pyridine rings is 1. The lowest BCUT2D eigenvalue weighted by Gasteiger charge is -2.04. The van der Waals surface area contributed by atoms with E-state index >= 15 is 0 Å². The first-order chi connectivity index (χ1) is 9.33. The van der Waals surface area contributed by atoms with E-state index in [2.05, 4.69) is 10.3 Å². The molecule has 3 rings (SSSR count). The van der Waals surface area contributed by atoms with Crippen LogP contribution >= 0.6 is 0 Å². The molecule has 0 aromatic carbocycles. The molecule has 3 heterocycles. The minimum atomic E-state index is -0.0642. The summed E-state index contributed by atoms with van der Waals surface area (Å²) in [6.07, 6.45) is 5.04.